The lowest BCUT2D eigenvalue weighted by molar-refractivity contribution is -0.124. The SMILES string of the molecule is CCNC(=NCC(CC)(CC)NC(=O)OC(C)(C)C)NCCN1C(=O)CNC1=O. The van der Waals surface area contributed by atoms with E-state index in [9.17, 15) is 14.4 Å². The summed E-state index contributed by atoms with van der Waals surface area (Å²) in [6.45, 7) is 13.1. The summed E-state index contributed by atoms with van der Waals surface area (Å²) in [6, 6.07) is -0.378. The smallest absolute Gasteiger partial charge is 0.408 e. The molecule has 0 aliphatic carbocycles. The number of carbonyl (C=O) groups is 3. The molecule has 0 atom stereocenters. The molecule has 1 rings (SSSR count). The van der Waals surface area contributed by atoms with Crippen LogP contribution in [0.1, 0.15) is 54.4 Å². The average Bonchev–Trinajstić information content (AvgIpc) is 2.95. The van der Waals surface area contributed by atoms with Gasteiger partial charge in [-0.1, -0.05) is 13.8 Å². The first-order chi connectivity index (χ1) is 13.6. The highest BCUT2D eigenvalue weighted by molar-refractivity contribution is 6.01. The predicted molar refractivity (Wildman–Crippen MR) is 112 cm³/mol. The number of urea groups is 1. The van der Waals surface area contributed by atoms with Crippen molar-refractivity contribution in [1.29, 1.82) is 0 Å². The number of aliphatic imine (C=N–C) groups is 1. The summed E-state index contributed by atoms with van der Waals surface area (Å²) in [5.41, 5.74) is -1.11. The normalized spacial score (nSPS) is 15.2. The Morgan fingerprint density at radius 3 is 2.31 bits per heavy atom. The van der Waals surface area contributed by atoms with E-state index in [1.807, 2.05) is 41.5 Å². The number of hydrogen-bond acceptors (Lipinski definition) is 5. The third-order valence-corrected chi connectivity index (χ3v) is 4.57. The molecular formula is C19H36N6O4. The van der Waals surface area contributed by atoms with E-state index in [0.29, 0.717) is 38.4 Å². The largest absolute Gasteiger partial charge is 0.444 e. The van der Waals surface area contributed by atoms with E-state index in [2.05, 4.69) is 26.3 Å². The number of imide groups is 1. The number of ether oxygens (including phenoxy) is 1. The van der Waals surface area contributed by atoms with E-state index < -0.39 is 17.2 Å². The molecule has 0 saturated carbocycles. The van der Waals surface area contributed by atoms with Crippen molar-refractivity contribution in [1.82, 2.24) is 26.2 Å². The van der Waals surface area contributed by atoms with Crippen LogP contribution in [0.25, 0.3) is 0 Å². The maximum absolute atomic E-state index is 12.3. The minimum Gasteiger partial charge on any atom is -0.444 e. The van der Waals surface area contributed by atoms with Gasteiger partial charge in [0.15, 0.2) is 5.96 Å². The van der Waals surface area contributed by atoms with Gasteiger partial charge in [-0.2, -0.15) is 0 Å². The van der Waals surface area contributed by atoms with Crippen molar-refractivity contribution in [2.24, 2.45) is 4.99 Å². The molecule has 0 unspecified atom stereocenters. The lowest BCUT2D eigenvalue weighted by Crippen LogP contribution is -2.52. The van der Waals surface area contributed by atoms with Gasteiger partial charge in [0.25, 0.3) is 0 Å². The second kappa shape index (κ2) is 10.9. The van der Waals surface area contributed by atoms with Gasteiger partial charge in [-0.25, -0.2) is 9.59 Å². The molecule has 1 heterocycles. The maximum atomic E-state index is 12.3. The zero-order valence-electron chi connectivity index (χ0n) is 18.5. The van der Waals surface area contributed by atoms with Gasteiger partial charge in [0.1, 0.15) is 5.60 Å². The number of hydrogen-bond donors (Lipinski definition) is 4. The van der Waals surface area contributed by atoms with Gasteiger partial charge in [0.2, 0.25) is 5.91 Å². The zero-order chi connectivity index (χ0) is 22.1. The van der Waals surface area contributed by atoms with Crippen LogP contribution in [0.5, 0.6) is 0 Å². The molecule has 0 aromatic rings. The van der Waals surface area contributed by atoms with Crippen LogP contribution in [0, 0.1) is 0 Å². The summed E-state index contributed by atoms with van der Waals surface area (Å²) in [5, 5.41) is 11.7. The molecule has 1 saturated heterocycles. The van der Waals surface area contributed by atoms with Crippen LogP contribution in [0.4, 0.5) is 9.59 Å². The van der Waals surface area contributed by atoms with E-state index in [1.54, 1.807) is 0 Å². The summed E-state index contributed by atoms with van der Waals surface area (Å²) < 4.78 is 5.39. The van der Waals surface area contributed by atoms with Crippen LogP contribution in [-0.2, 0) is 9.53 Å². The Morgan fingerprint density at radius 1 is 1.17 bits per heavy atom. The lowest BCUT2D eigenvalue weighted by atomic mass is 9.93. The van der Waals surface area contributed by atoms with Crippen molar-refractivity contribution in [2.75, 3.05) is 32.7 Å². The van der Waals surface area contributed by atoms with E-state index in [1.165, 1.54) is 4.90 Å². The van der Waals surface area contributed by atoms with Crippen LogP contribution in [0.15, 0.2) is 4.99 Å². The van der Waals surface area contributed by atoms with Crippen molar-refractivity contribution in [2.45, 2.75) is 65.5 Å². The maximum Gasteiger partial charge on any atom is 0.408 e. The van der Waals surface area contributed by atoms with Gasteiger partial charge in [-0.15, -0.1) is 0 Å². The summed E-state index contributed by atoms with van der Waals surface area (Å²) in [4.78, 5) is 41.3. The lowest BCUT2D eigenvalue weighted by Gasteiger charge is -2.32. The molecule has 10 heteroatoms. The molecule has 1 fully saturated rings. The Balaban J connectivity index is 2.72. The molecule has 166 valence electrons. The molecule has 1 aliphatic heterocycles. The van der Waals surface area contributed by atoms with Gasteiger partial charge < -0.3 is 26.0 Å². The molecule has 10 nitrogen and oxygen atoms in total. The predicted octanol–water partition coefficient (Wildman–Crippen LogP) is 1.18. The molecule has 1 aliphatic rings. The molecule has 0 bridgehead atoms. The molecule has 0 radical (unpaired) electrons. The minimum absolute atomic E-state index is 0.0405. The first kappa shape index (κ1) is 24.5. The minimum atomic E-state index is -0.573. The topological polar surface area (TPSA) is 124 Å². The van der Waals surface area contributed by atoms with Gasteiger partial charge in [-0.3, -0.25) is 14.7 Å². The van der Waals surface area contributed by atoms with Crippen molar-refractivity contribution in [3.05, 3.63) is 0 Å². The molecule has 4 amide bonds. The molecule has 0 aromatic heterocycles. The Bertz CT molecular complexity index is 594. The van der Waals surface area contributed by atoms with Crippen LogP contribution >= 0.6 is 0 Å². The highest BCUT2D eigenvalue weighted by atomic mass is 16.6. The van der Waals surface area contributed by atoms with Crippen molar-refractivity contribution >= 4 is 24.0 Å². The fraction of sp³-hybridized carbons (Fsp3) is 0.789. The number of alkyl carbamates (subject to hydrolysis) is 1. The van der Waals surface area contributed by atoms with E-state index in [0.717, 1.165) is 0 Å². The Labute approximate surface area is 173 Å². The summed E-state index contributed by atoms with van der Waals surface area (Å²) >= 11 is 0. The third-order valence-electron chi connectivity index (χ3n) is 4.57. The number of amides is 4. The van der Waals surface area contributed by atoms with E-state index >= 15 is 0 Å². The standard InChI is InChI=1S/C19H36N6O4/c1-7-19(8-2,24-17(28)29-18(4,5)6)13-23-15(20-9-3)21-10-11-25-14(26)12-22-16(25)27/h7-13H2,1-6H3,(H,22,27)(H,24,28)(H2,20,21,23). The second-order valence-corrected chi connectivity index (χ2v) is 7.94. The van der Waals surface area contributed by atoms with Crippen LogP contribution in [0.3, 0.4) is 0 Å². The van der Waals surface area contributed by atoms with Crippen LogP contribution in [0.2, 0.25) is 0 Å². The van der Waals surface area contributed by atoms with Gasteiger partial charge in [-0.05, 0) is 40.5 Å². The average molecular weight is 413 g/mol. The molecule has 0 aromatic carbocycles. The first-order valence-electron chi connectivity index (χ1n) is 10.2. The summed E-state index contributed by atoms with van der Waals surface area (Å²) in [6.07, 6.45) is 0.912. The highest BCUT2D eigenvalue weighted by Gasteiger charge is 2.31. The number of carbonyl (C=O) groups excluding carboxylic acids is 3. The van der Waals surface area contributed by atoms with Crippen molar-refractivity contribution in [3.63, 3.8) is 0 Å². The van der Waals surface area contributed by atoms with Gasteiger partial charge in [0.05, 0.1) is 18.6 Å². The molecule has 0 spiro atoms. The second-order valence-electron chi connectivity index (χ2n) is 7.94. The molecule has 4 N–H and O–H groups in total. The molecule has 29 heavy (non-hydrogen) atoms. The summed E-state index contributed by atoms with van der Waals surface area (Å²) in [5.74, 6) is 0.313. The number of guanidine groups is 1. The van der Waals surface area contributed by atoms with Gasteiger partial charge >= 0.3 is 12.1 Å². The number of nitrogens with one attached hydrogen (secondary N) is 4. The Morgan fingerprint density at radius 2 is 1.83 bits per heavy atom. The van der Waals surface area contributed by atoms with E-state index in [-0.39, 0.29) is 25.0 Å². The zero-order valence-corrected chi connectivity index (χ0v) is 18.5. The van der Waals surface area contributed by atoms with Crippen LogP contribution < -0.4 is 21.3 Å². The number of nitrogens with zero attached hydrogens (tertiary/aromatic N) is 2. The van der Waals surface area contributed by atoms with Crippen LogP contribution in [-0.4, -0.2) is 72.8 Å². The highest BCUT2D eigenvalue weighted by Crippen LogP contribution is 2.17. The monoisotopic (exact) mass is 412 g/mol. The Hall–Kier alpha value is -2.52. The summed E-state index contributed by atoms with van der Waals surface area (Å²) in [7, 11) is 0. The molecular weight excluding hydrogens is 376 g/mol. The first-order valence-corrected chi connectivity index (χ1v) is 10.2. The fourth-order valence-electron chi connectivity index (χ4n) is 2.75. The Kier molecular flexibility index (Phi) is 9.19. The fourth-order valence-corrected chi connectivity index (χ4v) is 2.75. The van der Waals surface area contributed by atoms with Gasteiger partial charge in [0, 0.05) is 19.6 Å². The van der Waals surface area contributed by atoms with Crippen molar-refractivity contribution in [3.8, 4) is 0 Å². The van der Waals surface area contributed by atoms with Crippen molar-refractivity contribution < 1.29 is 19.1 Å². The van der Waals surface area contributed by atoms with E-state index in [4.69, 9.17) is 4.74 Å². The number of rotatable bonds is 9. The third kappa shape index (κ3) is 8.16. The quantitative estimate of drug-likeness (QED) is 0.256.